The third-order valence-corrected chi connectivity index (χ3v) is 8.68. The van der Waals surface area contributed by atoms with Crippen LogP contribution in [0.5, 0.6) is 11.8 Å². The van der Waals surface area contributed by atoms with Crippen LogP contribution < -0.4 is 4.74 Å². The summed E-state index contributed by atoms with van der Waals surface area (Å²) in [5.74, 6) is 2.24. The van der Waals surface area contributed by atoms with Crippen LogP contribution in [0.15, 0.2) is 103 Å². The second-order valence-corrected chi connectivity index (χ2v) is 11.6. The number of pyridine rings is 3. The summed E-state index contributed by atoms with van der Waals surface area (Å²) >= 11 is 0. The molecule has 0 amide bonds. The standard InChI is InChI=1S/C39H26N6O.Pt/c1-23-19-20-33-29(21-23)37-25(3)40-36(22-30(37)39-43-42-38(45(33)39)26-12-5-4-11-24(26)2)46-35-18-10-17-34(41-35)44-31-15-8-6-13-27(31)28-14-7-9-16-32(28)44;/h4-15,17-21H,1-3H3;/q-2;+2. The Morgan fingerprint density at radius 3 is 2.45 bits per heavy atom. The summed E-state index contributed by atoms with van der Waals surface area (Å²) in [5.41, 5.74) is 7.85. The van der Waals surface area contributed by atoms with Crippen LogP contribution in [0.4, 0.5) is 0 Å². The molecule has 0 aliphatic rings. The Balaban J connectivity index is 0.00000324. The molecule has 0 N–H and O–H groups in total. The van der Waals surface area contributed by atoms with Crippen molar-refractivity contribution in [2.75, 3.05) is 0 Å². The molecule has 0 saturated heterocycles. The molecule has 0 bridgehead atoms. The van der Waals surface area contributed by atoms with Crippen LogP contribution in [0, 0.1) is 32.9 Å². The molecule has 228 valence electrons. The van der Waals surface area contributed by atoms with Gasteiger partial charge in [0.05, 0.1) is 5.65 Å². The number of hydrogen-bond donors (Lipinski definition) is 0. The molecule has 7 nitrogen and oxygen atoms in total. The van der Waals surface area contributed by atoms with Crippen molar-refractivity contribution in [1.82, 2.24) is 29.1 Å². The fourth-order valence-electron chi connectivity index (χ4n) is 6.62. The minimum absolute atomic E-state index is 0. The number of aryl methyl sites for hydroxylation is 3. The molecule has 8 heteroatoms. The van der Waals surface area contributed by atoms with E-state index in [1.54, 1.807) is 0 Å². The third kappa shape index (κ3) is 4.53. The average molecular weight is 790 g/mol. The minimum atomic E-state index is 0. The van der Waals surface area contributed by atoms with Crippen molar-refractivity contribution >= 4 is 49.1 Å². The first-order valence-corrected chi connectivity index (χ1v) is 15.2. The molecule has 0 radical (unpaired) electrons. The average Bonchev–Trinajstić information content (AvgIpc) is 3.65. The van der Waals surface area contributed by atoms with E-state index in [9.17, 15) is 0 Å². The molecule has 0 atom stereocenters. The van der Waals surface area contributed by atoms with Gasteiger partial charge < -0.3 is 13.7 Å². The summed E-state index contributed by atoms with van der Waals surface area (Å²) in [6, 6.07) is 41.7. The maximum absolute atomic E-state index is 6.37. The molecule has 47 heavy (non-hydrogen) atoms. The van der Waals surface area contributed by atoms with Crippen molar-refractivity contribution in [3.05, 3.63) is 132 Å². The molecule has 0 spiro atoms. The fraction of sp³-hybridized carbons (Fsp3) is 0.0769. The SMILES string of the molecule is Cc1ccc2c(c1)c1c(C)nc(Oc3cccc(-n4c5[c-]cccc5c5ccccc54)n3)[c-]c1c1nnc(-c3ccccc3C)n21.[Pt+2]. The smallest absolute Gasteiger partial charge is 0.433 e. The van der Waals surface area contributed by atoms with Gasteiger partial charge in [0.2, 0.25) is 5.88 Å². The van der Waals surface area contributed by atoms with Crippen molar-refractivity contribution in [1.29, 1.82) is 0 Å². The first-order chi connectivity index (χ1) is 22.5. The molecule has 9 rings (SSSR count). The van der Waals surface area contributed by atoms with Crippen LogP contribution in [0.1, 0.15) is 16.8 Å². The second kappa shape index (κ2) is 11.1. The van der Waals surface area contributed by atoms with Crippen LogP contribution >= 0.6 is 0 Å². The quantitative estimate of drug-likeness (QED) is 0.132. The van der Waals surface area contributed by atoms with E-state index in [2.05, 4.69) is 89.5 Å². The van der Waals surface area contributed by atoms with E-state index in [-0.39, 0.29) is 21.1 Å². The normalized spacial score (nSPS) is 11.6. The van der Waals surface area contributed by atoms with Gasteiger partial charge in [-0.3, -0.25) is 0 Å². The van der Waals surface area contributed by atoms with Gasteiger partial charge in [-0.1, -0.05) is 77.1 Å². The van der Waals surface area contributed by atoms with Gasteiger partial charge in [-0.2, -0.15) is 34.3 Å². The van der Waals surface area contributed by atoms with E-state index in [0.717, 1.165) is 77.5 Å². The van der Waals surface area contributed by atoms with Gasteiger partial charge in [0.15, 0.2) is 11.7 Å². The Morgan fingerprint density at radius 2 is 1.55 bits per heavy atom. The van der Waals surface area contributed by atoms with Crippen LogP contribution in [-0.2, 0) is 21.1 Å². The van der Waals surface area contributed by atoms with Crippen molar-refractivity contribution in [2.45, 2.75) is 20.8 Å². The number of para-hydroxylation sites is 2. The van der Waals surface area contributed by atoms with Crippen molar-refractivity contribution in [3.8, 4) is 29.0 Å². The first kappa shape index (κ1) is 29.0. The van der Waals surface area contributed by atoms with Crippen LogP contribution in [0.2, 0.25) is 0 Å². The van der Waals surface area contributed by atoms with Crippen molar-refractivity contribution in [3.63, 3.8) is 0 Å². The molecule has 5 aromatic heterocycles. The van der Waals surface area contributed by atoms with Gasteiger partial charge in [-0.05, 0) is 61.0 Å². The molecule has 0 aliphatic heterocycles. The Hall–Kier alpha value is -5.39. The molecular weight excluding hydrogens is 764 g/mol. The number of aromatic nitrogens is 6. The molecule has 0 unspecified atom stereocenters. The zero-order chi connectivity index (χ0) is 30.9. The van der Waals surface area contributed by atoms with Gasteiger partial charge >= 0.3 is 21.1 Å². The number of rotatable bonds is 4. The number of hydrogen-bond acceptors (Lipinski definition) is 5. The maximum atomic E-state index is 6.37. The largest absolute Gasteiger partial charge is 2.00 e. The molecule has 0 fully saturated rings. The predicted molar refractivity (Wildman–Crippen MR) is 182 cm³/mol. The summed E-state index contributed by atoms with van der Waals surface area (Å²) in [4.78, 5) is 9.79. The number of benzene rings is 4. The molecule has 9 aromatic rings. The van der Waals surface area contributed by atoms with Crippen molar-refractivity contribution in [2.24, 2.45) is 0 Å². The van der Waals surface area contributed by atoms with E-state index in [1.165, 1.54) is 0 Å². The van der Waals surface area contributed by atoms with Crippen LogP contribution in [0.3, 0.4) is 0 Å². The first-order valence-electron chi connectivity index (χ1n) is 15.2. The summed E-state index contributed by atoms with van der Waals surface area (Å²) in [5, 5.41) is 14.5. The summed E-state index contributed by atoms with van der Waals surface area (Å²) in [6.07, 6.45) is 0. The molecule has 0 aliphatic carbocycles. The Morgan fingerprint density at radius 1 is 0.723 bits per heavy atom. The van der Waals surface area contributed by atoms with E-state index < -0.39 is 0 Å². The monoisotopic (exact) mass is 789 g/mol. The summed E-state index contributed by atoms with van der Waals surface area (Å²) in [6.45, 7) is 6.19. The van der Waals surface area contributed by atoms with Gasteiger partial charge in [-0.25, -0.2) is 4.98 Å². The van der Waals surface area contributed by atoms with Gasteiger partial charge in [0, 0.05) is 22.7 Å². The zero-order valence-corrected chi connectivity index (χ0v) is 28.0. The summed E-state index contributed by atoms with van der Waals surface area (Å²) in [7, 11) is 0. The number of ether oxygens (including phenoxy) is 1. The Bertz CT molecular complexity index is 2620. The minimum Gasteiger partial charge on any atom is -0.433 e. The fourth-order valence-corrected chi connectivity index (χ4v) is 6.62. The van der Waals surface area contributed by atoms with Gasteiger partial charge in [0.25, 0.3) is 0 Å². The van der Waals surface area contributed by atoms with Crippen LogP contribution in [-0.4, -0.2) is 29.1 Å². The predicted octanol–water partition coefficient (Wildman–Crippen LogP) is 8.91. The molecular formula is C39H26N6OPt. The van der Waals surface area contributed by atoms with E-state index in [0.29, 0.717) is 17.4 Å². The van der Waals surface area contributed by atoms with E-state index in [4.69, 9.17) is 24.9 Å². The zero-order valence-electron chi connectivity index (χ0n) is 25.7. The van der Waals surface area contributed by atoms with Crippen molar-refractivity contribution < 1.29 is 25.8 Å². The molecule has 4 aromatic carbocycles. The number of nitrogens with zero attached hydrogens (tertiary/aromatic N) is 6. The second-order valence-electron chi connectivity index (χ2n) is 11.6. The van der Waals surface area contributed by atoms with Crippen LogP contribution in [0.25, 0.3) is 66.3 Å². The van der Waals surface area contributed by atoms with Gasteiger partial charge in [-0.15, -0.1) is 21.9 Å². The summed E-state index contributed by atoms with van der Waals surface area (Å²) < 4.78 is 10.6. The van der Waals surface area contributed by atoms with E-state index >= 15 is 0 Å². The Kier molecular flexibility index (Phi) is 6.89. The molecule has 0 saturated carbocycles. The topological polar surface area (TPSA) is 70.1 Å². The Labute approximate surface area is 284 Å². The van der Waals surface area contributed by atoms with E-state index in [1.807, 2.05) is 55.5 Å². The number of fused-ring (bicyclic) bond motifs is 9. The molecule has 5 heterocycles. The van der Waals surface area contributed by atoms with Gasteiger partial charge in [0.1, 0.15) is 5.82 Å². The maximum Gasteiger partial charge on any atom is 2.00 e. The third-order valence-electron chi connectivity index (χ3n) is 8.68.